The zero-order valence-electron chi connectivity index (χ0n) is 5.10. The van der Waals surface area contributed by atoms with Gasteiger partial charge in [0.05, 0.1) is 0 Å². The van der Waals surface area contributed by atoms with Crippen LogP contribution in [0.1, 0.15) is 12.8 Å². The van der Waals surface area contributed by atoms with Crippen LogP contribution in [-0.4, -0.2) is 23.1 Å². The lowest BCUT2D eigenvalue weighted by Crippen LogP contribution is -2.11. The number of nitrogens with zero attached hydrogens (tertiary/aromatic N) is 1. The maximum atomic E-state index is 3.79. The van der Waals surface area contributed by atoms with Crippen LogP contribution in [0.25, 0.3) is 0 Å². The molecule has 1 heterocycles. The smallest absolute Gasteiger partial charge is 0.00976 e. The average molecular weight is 130 g/mol. The fraction of sp³-hybridized carbons (Fsp3) is 0.833. The molecule has 1 radical (unpaired) electrons. The molecule has 1 saturated heterocycles. The van der Waals surface area contributed by atoms with Crippen LogP contribution in [0.15, 0.2) is 0 Å². The molecule has 1 rings (SSSR count). The monoisotopic (exact) mass is 130 g/mol. The predicted octanol–water partition coefficient (Wildman–Crippen LogP) is 1.56. The molecule has 2 heteroatoms. The van der Waals surface area contributed by atoms with Gasteiger partial charge in [-0.15, -0.1) is 0 Å². The molecule has 0 bridgehead atoms. The molecule has 47 valence electrons. The molecule has 1 aliphatic rings. The van der Waals surface area contributed by atoms with Gasteiger partial charge in [-0.05, 0) is 12.8 Å². The molecule has 0 saturated carbocycles. The number of rotatable bonds is 2. The third kappa shape index (κ3) is 1.67. The molecule has 0 unspecified atom stereocenters. The SMILES string of the molecule is [CH2]CCN1CCCS1. The van der Waals surface area contributed by atoms with Gasteiger partial charge in [0.25, 0.3) is 0 Å². The highest BCUT2D eigenvalue weighted by molar-refractivity contribution is 7.97. The largest absolute Gasteiger partial charge is 0.251 e. The van der Waals surface area contributed by atoms with Crippen molar-refractivity contribution in [2.75, 3.05) is 18.8 Å². The lowest BCUT2D eigenvalue weighted by atomic mass is 10.4. The fourth-order valence-corrected chi connectivity index (χ4v) is 1.88. The van der Waals surface area contributed by atoms with Gasteiger partial charge in [-0.3, -0.25) is 4.31 Å². The van der Waals surface area contributed by atoms with E-state index in [0.717, 1.165) is 6.42 Å². The van der Waals surface area contributed by atoms with Crippen LogP contribution in [0, 0.1) is 6.92 Å². The highest BCUT2D eigenvalue weighted by Gasteiger charge is 2.09. The Morgan fingerprint density at radius 2 is 2.50 bits per heavy atom. The molecular weight excluding hydrogens is 118 g/mol. The Balaban J connectivity index is 2.06. The molecule has 1 aliphatic heterocycles. The summed E-state index contributed by atoms with van der Waals surface area (Å²) in [6.45, 7) is 6.24. The van der Waals surface area contributed by atoms with Gasteiger partial charge in [-0.2, -0.15) is 0 Å². The zero-order chi connectivity index (χ0) is 5.82. The minimum atomic E-state index is 1.05. The third-order valence-electron chi connectivity index (χ3n) is 1.23. The first-order valence-electron chi connectivity index (χ1n) is 3.10. The van der Waals surface area contributed by atoms with Gasteiger partial charge in [0.2, 0.25) is 0 Å². The van der Waals surface area contributed by atoms with Crippen molar-refractivity contribution < 1.29 is 0 Å². The summed E-state index contributed by atoms with van der Waals surface area (Å²) in [5, 5.41) is 0. The van der Waals surface area contributed by atoms with Crippen LogP contribution in [0.5, 0.6) is 0 Å². The molecule has 0 aromatic carbocycles. The maximum absolute atomic E-state index is 3.79. The first kappa shape index (κ1) is 6.43. The Kier molecular flexibility index (Phi) is 2.70. The third-order valence-corrected chi connectivity index (χ3v) is 2.43. The normalized spacial score (nSPS) is 22.1. The van der Waals surface area contributed by atoms with Crippen molar-refractivity contribution in [3.8, 4) is 0 Å². The zero-order valence-corrected chi connectivity index (χ0v) is 5.91. The summed E-state index contributed by atoms with van der Waals surface area (Å²) in [5.74, 6) is 1.32. The average Bonchev–Trinajstić information content (AvgIpc) is 2.19. The molecule has 0 atom stereocenters. The van der Waals surface area contributed by atoms with Crippen molar-refractivity contribution in [1.82, 2.24) is 4.31 Å². The summed E-state index contributed by atoms with van der Waals surface area (Å²) in [6, 6.07) is 0. The quantitative estimate of drug-likeness (QED) is 0.522. The molecule has 0 N–H and O–H groups in total. The van der Waals surface area contributed by atoms with Crippen LogP contribution in [-0.2, 0) is 0 Å². The standard InChI is InChI=1S/C6H12NS/c1-2-4-7-5-3-6-8-7/h1-6H2. The van der Waals surface area contributed by atoms with Crippen LogP contribution in [0.4, 0.5) is 0 Å². The van der Waals surface area contributed by atoms with Crippen molar-refractivity contribution in [1.29, 1.82) is 0 Å². The predicted molar refractivity (Wildman–Crippen MR) is 38.6 cm³/mol. The molecule has 0 aromatic rings. The van der Waals surface area contributed by atoms with Gasteiger partial charge in [0, 0.05) is 18.8 Å². The van der Waals surface area contributed by atoms with Crippen molar-refractivity contribution >= 4 is 11.9 Å². The van der Waals surface area contributed by atoms with Crippen LogP contribution < -0.4 is 0 Å². The van der Waals surface area contributed by atoms with Gasteiger partial charge in [-0.25, -0.2) is 0 Å². The lowest BCUT2D eigenvalue weighted by molar-refractivity contribution is 0.503. The molecule has 1 nitrogen and oxygen atoms in total. The summed E-state index contributed by atoms with van der Waals surface area (Å²) >= 11 is 1.96. The fourth-order valence-electron chi connectivity index (χ4n) is 0.852. The summed E-state index contributed by atoms with van der Waals surface area (Å²) < 4.78 is 2.40. The van der Waals surface area contributed by atoms with E-state index in [-0.39, 0.29) is 0 Å². The first-order chi connectivity index (χ1) is 3.93. The van der Waals surface area contributed by atoms with Gasteiger partial charge < -0.3 is 0 Å². The van der Waals surface area contributed by atoms with E-state index >= 15 is 0 Å². The van der Waals surface area contributed by atoms with E-state index in [1.165, 1.54) is 25.3 Å². The minimum Gasteiger partial charge on any atom is -0.251 e. The van der Waals surface area contributed by atoms with Crippen molar-refractivity contribution in [3.63, 3.8) is 0 Å². The van der Waals surface area contributed by atoms with E-state index < -0.39 is 0 Å². The second kappa shape index (κ2) is 3.36. The highest BCUT2D eigenvalue weighted by Crippen LogP contribution is 2.18. The lowest BCUT2D eigenvalue weighted by Gasteiger charge is -2.09. The topological polar surface area (TPSA) is 3.24 Å². The van der Waals surface area contributed by atoms with Crippen LogP contribution in [0.3, 0.4) is 0 Å². The second-order valence-electron chi connectivity index (χ2n) is 1.97. The number of hydrogen-bond donors (Lipinski definition) is 0. The molecule has 0 aromatic heterocycles. The van der Waals surface area contributed by atoms with Gasteiger partial charge in [0.1, 0.15) is 0 Å². The first-order valence-corrected chi connectivity index (χ1v) is 4.05. The van der Waals surface area contributed by atoms with Crippen molar-refractivity contribution in [3.05, 3.63) is 6.92 Å². The molecule has 8 heavy (non-hydrogen) atoms. The van der Waals surface area contributed by atoms with Gasteiger partial charge >= 0.3 is 0 Å². The summed E-state index contributed by atoms with van der Waals surface area (Å²) in [5.41, 5.74) is 0. The van der Waals surface area contributed by atoms with Crippen molar-refractivity contribution in [2.45, 2.75) is 12.8 Å². The van der Waals surface area contributed by atoms with Crippen LogP contribution >= 0.6 is 11.9 Å². The molecule has 0 amide bonds. The molecule has 0 spiro atoms. The summed E-state index contributed by atoms with van der Waals surface area (Å²) in [7, 11) is 0. The molecule has 1 fully saturated rings. The van der Waals surface area contributed by atoms with E-state index in [1.54, 1.807) is 0 Å². The molecular formula is C6H12NS. The van der Waals surface area contributed by atoms with Crippen LogP contribution in [0.2, 0.25) is 0 Å². The van der Waals surface area contributed by atoms with E-state index in [9.17, 15) is 0 Å². The maximum Gasteiger partial charge on any atom is 0.00976 e. The summed E-state index contributed by atoms with van der Waals surface area (Å²) in [4.78, 5) is 0. The summed E-state index contributed by atoms with van der Waals surface area (Å²) in [6.07, 6.45) is 2.41. The second-order valence-corrected chi connectivity index (χ2v) is 3.15. The Bertz CT molecular complexity index is 59.5. The molecule has 0 aliphatic carbocycles. The van der Waals surface area contributed by atoms with E-state index in [1.807, 2.05) is 11.9 Å². The van der Waals surface area contributed by atoms with Gasteiger partial charge in [-0.1, -0.05) is 18.9 Å². The Morgan fingerprint density at radius 1 is 1.62 bits per heavy atom. The minimum absolute atomic E-state index is 1.05. The Morgan fingerprint density at radius 3 is 3.00 bits per heavy atom. The van der Waals surface area contributed by atoms with Crippen molar-refractivity contribution in [2.24, 2.45) is 0 Å². The Labute approximate surface area is 55.6 Å². The van der Waals surface area contributed by atoms with Gasteiger partial charge in [0.15, 0.2) is 0 Å². The number of hydrogen-bond acceptors (Lipinski definition) is 2. The highest BCUT2D eigenvalue weighted by atomic mass is 32.2. The van der Waals surface area contributed by atoms with E-state index in [2.05, 4.69) is 11.2 Å². The Hall–Kier alpha value is 0.310. The van der Waals surface area contributed by atoms with E-state index in [4.69, 9.17) is 0 Å². The van der Waals surface area contributed by atoms with E-state index in [0.29, 0.717) is 0 Å².